The lowest BCUT2D eigenvalue weighted by molar-refractivity contribution is -0.142. The molecule has 1 aliphatic carbocycles. The van der Waals surface area contributed by atoms with E-state index in [1.54, 1.807) is 0 Å². The number of carbonyl (C=O) groups is 2. The first-order valence-corrected chi connectivity index (χ1v) is 4.80. The topological polar surface area (TPSA) is 75.6 Å². The fourth-order valence-corrected chi connectivity index (χ4v) is 1.29. The largest absolute Gasteiger partial charge is 0.480 e. The van der Waals surface area contributed by atoms with Crippen LogP contribution in [0, 0.1) is 5.92 Å². The van der Waals surface area contributed by atoms with Crippen LogP contribution < -0.4 is 5.32 Å². The van der Waals surface area contributed by atoms with Gasteiger partial charge in [-0.25, -0.2) is 9.18 Å². The van der Waals surface area contributed by atoms with E-state index in [0.717, 1.165) is 0 Å². The number of nitrogens with one attached hydrogen (secondary N) is 1. The van der Waals surface area contributed by atoms with Crippen LogP contribution in [0.3, 0.4) is 0 Å². The number of halogens is 1. The van der Waals surface area contributed by atoms with Gasteiger partial charge in [-0.1, -0.05) is 0 Å². The highest BCUT2D eigenvalue weighted by Gasteiger charge is 2.44. The van der Waals surface area contributed by atoms with E-state index in [1.807, 2.05) is 6.92 Å². The fraction of sp³-hybridized carbons (Fsp3) is 0.778. The van der Waals surface area contributed by atoms with Crippen LogP contribution in [0.25, 0.3) is 0 Å². The van der Waals surface area contributed by atoms with Crippen LogP contribution in [0.4, 0.5) is 4.39 Å². The predicted molar refractivity (Wildman–Crippen MR) is 49.1 cm³/mol. The monoisotopic (exact) mass is 219 g/mol. The maximum Gasteiger partial charge on any atom is 0.328 e. The first-order chi connectivity index (χ1) is 7.10. The van der Waals surface area contributed by atoms with Gasteiger partial charge < -0.3 is 15.2 Å². The van der Waals surface area contributed by atoms with Gasteiger partial charge in [-0.3, -0.25) is 4.79 Å². The number of alkyl halides is 1. The summed E-state index contributed by atoms with van der Waals surface area (Å²) < 4.78 is 17.3. The summed E-state index contributed by atoms with van der Waals surface area (Å²) in [6.45, 7) is 1.22. The summed E-state index contributed by atoms with van der Waals surface area (Å²) >= 11 is 0. The summed E-state index contributed by atoms with van der Waals surface area (Å²) in [6.07, 6.45) is 0.447. The molecule has 0 aromatic carbocycles. The molecule has 1 saturated carbocycles. The lowest BCUT2D eigenvalue weighted by Gasteiger charge is -2.10. The van der Waals surface area contributed by atoms with Crippen LogP contribution in [0.2, 0.25) is 0 Å². The second kappa shape index (κ2) is 5.06. The number of carboxylic acids is 1. The highest BCUT2D eigenvalue weighted by molar-refractivity contribution is 5.87. The van der Waals surface area contributed by atoms with Crippen LogP contribution in [0.1, 0.15) is 13.3 Å². The van der Waals surface area contributed by atoms with Gasteiger partial charge in [0, 0.05) is 6.61 Å². The van der Waals surface area contributed by atoms with Gasteiger partial charge in [0.05, 0.1) is 12.0 Å². The number of carbonyl (C=O) groups excluding carboxylic acids is 1. The normalized spacial score (nSPS) is 25.7. The molecule has 86 valence electrons. The van der Waals surface area contributed by atoms with Crippen molar-refractivity contribution in [1.82, 2.24) is 5.32 Å². The lowest BCUT2D eigenvalue weighted by atomic mass is 10.3. The standard InChI is InChI=1S/C9H14FNO4/c1-2-15-7-3-5(7)8(12)11-6(4-10)9(13)14/h5-7H,2-4H2,1H3,(H,11,12)(H,13,14). The molecule has 3 atom stereocenters. The third-order valence-corrected chi connectivity index (χ3v) is 2.22. The zero-order chi connectivity index (χ0) is 11.4. The molecule has 1 rings (SSSR count). The minimum atomic E-state index is -1.44. The third kappa shape index (κ3) is 3.16. The van der Waals surface area contributed by atoms with E-state index in [4.69, 9.17) is 9.84 Å². The number of amides is 1. The van der Waals surface area contributed by atoms with Gasteiger partial charge in [0.2, 0.25) is 5.91 Å². The van der Waals surface area contributed by atoms with Crippen molar-refractivity contribution in [2.75, 3.05) is 13.3 Å². The second-order valence-corrected chi connectivity index (χ2v) is 3.39. The number of rotatable bonds is 6. The molecule has 0 radical (unpaired) electrons. The molecule has 1 fully saturated rings. The van der Waals surface area contributed by atoms with Crippen LogP contribution in [-0.2, 0) is 14.3 Å². The Morgan fingerprint density at radius 2 is 2.33 bits per heavy atom. The molecule has 15 heavy (non-hydrogen) atoms. The minimum Gasteiger partial charge on any atom is -0.480 e. The second-order valence-electron chi connectivity index (χ2n) is 3.39. The molecule has 1 amide bonds. The molecule has 0 bridgehead atoms. The average molecular weight is 219 g/mol. The summed E-state index contributed by atoms with van der Waals surface area (Å²) in [5.74, 6) is -2.13. The van der Waals surface area contributed by atoms with Gasteiger partial charge in [-0.05, 0) is 13.3 Å². The zero-order valence-electron chi connectivity index (χ0n) is 8.40. The molecule has 0 saturated heterocycles. The Hall–Kier alpha value is -1.17. The Bertz CT molecular complexity index is 258. The Morgan fingerprint density at radius 1 is 1.67 bits per heavy atom. The molecule has 0 spiro atoms. The van der Waals surface area contributed by atoms with E-state index < -0.39 is 24.6 Å². The molecule has 2 N–H and O–H groups in total. The van der Waals surface area contributed by atoms with Gasteiger partial charge in [-0.2, -0.15) is 0 Å². The molecule has 6 heteroatoms. The number of hydrogen-bond donors (Lipinski definition) is 2. The van der Waals surface area contributed by atoms with E-state index in [0.29, 0.717) is 13.0 Å². The molecule has 5 nitrogen and oxygen atoms in total. The minimum absolute atomic E-state index is 0.135. The van der Waals surface area contributed by atoms with Crippen molar-refractivity contribution in [2.45, 2.75) is 25.5 Å². The summed E-state index contributed by atoms with van der Waals surface area (Å²) in [5, 5.41) is 10.6. The van der Waals surface area contributed by atoms with Crippen molar-refractivity contribution in [3.63, 3.8) is 0 Å². The van der Waals surface area contributed by atoms with Gasteiger partial charge >= 0.3 is 5.97 Å². The first kappa shape index (κ1) is 11.9. The quantitative estimate of drug-likeness (QED) is 0.656. The van der Waals surface area contributed by atoms with Gasteiger partial charge in [-0.15, -0.1) is 0 Å². The first-order valence-electron chi connectivity index (χ1n) is 4.80. The fourth-order valence-electron chi connectivity index (χ4n) is 1.29. The van der Waals surface area contributed by atoms with Crippen molar-refractivity contribution in [3.05, 3.63) is 0 Å². The average Bonchev–Trinajstić information content (AvgIpc) is 2.93. The van der Waals surface area contributed by atoms with E-state index in [2.05, 4.69) is 5.32 Å². The van der Waals surface area contributed by atoms with Gasteiger partial charge in [0.25, 0.3) is 0 Å². The lowest BCUT2D eigenvalue weighted by Crippen LogP contribution is -2.43. The molecule has 3 unspecified atom stereocenters. The highest BCUT2D eigenvalue weighted by atomic mass is 19.1. The Balaban J connectivity index is 2.33. The van der Waals surface area contributed by atoms with Crippen molar-refractivity contribution in [3.8, 4) is 0 Å². The Kier molecular flexibility index (Phi) is 4.02. The number of ether oxygens (including phenoxy) is 1. The Morgan fingerprint density at radius 3 is 2.80 bits per heavy atom. The van der Waals surface area contributed by atoms with E-state index >= 15 is 0 Å². The summed E-state index contributed by atoms with van der Waals surface area (Å²) in [5.41, 5.74) is 0. The molecular formula is C9H14FNO4. The summed E-state index contributed by atoms with van der Waals surface area (Å²) in [6, 6.07) is -1.44. The molecule has 1 aliphatic rings. The number of carboxylic acid groups (broad SMARTS) is 1. The van der Waals surface area contributed by atoms with Gasteiger partial charge in [0.15, 0.2) is 6.04 Å². The van der Waals surface area contributed by atoms with Crippen molar-refractivity contribution in [1.29, 1.82) is 0 Å². The van der Waals surface area contributed by atoms with Crippen molar-refractivity contribution < 1.29 is 23.8 Å². The molecule has 0 aromatic rings. The zero-order valence-corrected chi connectivity index (χ0v) is 8.40. The van der Waals surface area contributed by atoms with Crippen LogP contribution >= 0.6 is 0 Å². The van der Waals surface area contributed by atoms with Crippen LogP contribution in [0.15, 0.2) is 0 Å². The smallest absolute Gasteiger partial charge is 0.328 e. The maximum atomic E-state index is 12.2. The molecule has 0 heterocycles. The predicted octanol–water partition coefficient (Wildman–Crippen LogP) is -0.0497. The molecular weight excluding hydrogens is 205 g/mol. The van der Waals surface area contributed by atoms with Crippen LogP contribution in [-0.4, -0.2) is 42.4 Å². The SMILES string of the molecule is CCOC1CC1C(=O)NC(CF)C(=O)O. The highest BCUT2D eigenvalue weighted by Crippen LogP contribution is 2.33. The van der Waals surface area contributed by atoms with E-state index in [-0.39, 0.29) is 12.0 Å². The van der Waals surface area contributed by atoms with Crippen LogP contribution in [0.5, 0.6) is 0 Å². The van der Waals surface area contributed by atoms with E-state index in [9.17, 15) is 14.0 Å². The van der Waals surface area contributed by atoms with Gasteiger partial charge in [0.1, 0.15) is 6.67 Å². The number of hydrogen-bond acceptors (Lipinski definition) is 3. The molecule has 0 aromatic heterocycles. The third-order valence-electron chi connectivity index (χ3n) is 2.22. The summed E-state index contributed by atoms with van der Waals surface area (Å²) in [7, 11) is 0. The van der Waals surface area contributed by atoms with Crippen molar-refractivity contribution in [2.24, 2.45) is 5.92 Å². The Labute approximate surface area is 86.6 Å². The summed E-state index contributed by atoms with van der Waals surface area (Å²) in [4.78, 5) is 21.8. The maximum absolute atomic E-state index is 12.2. The number of aliphatic carboxylic acids is 1. The van der Waals surface area contributed by atoms with E-state index in [1.165, 1.54) is 0 Å². The molecule has 0 aliphatic heterocycles. The van der Waals surface area contributed by atoms with Crippen molar-refractivity contribution >= 4 is 11.9 Å².